The molecule has 0 fully saturated rings. The lowest BCUT2D eigenvalue weighted by molar-refractivity contribution is 0.660. The van der Waals surface area contributed by atoms with Gasteiger partial charge in [-0.1, -0.05) is 166 Å². The first-order chi connectivity index (χ1) is 27.5. The number of aromatic nitrogens is 4. The molecule has 0 spiro atoms. The van der Waals surface area contributed by atoms with Crippen LogP contribution in [0.3, 0.4) is 0 Å². The van der Waals surface area contributed by atoms with Crippen LogP contribution in [-0.4, -0.2) is 19.5 Å². The Morgan fingerprint density at radius 1 is 0.518 bits per heavy atom. The minimum absolute atomic E-state index is 0.0420. The van der Waals surface area contributed by atoms with Crippen LogP contribution in [-0.2, 0) is 5.41 Å². The van der Waals surface area contributed by atoms with Crippen LogP contribution in [0.5, 0.6) is 0 Å². The van der Waals surface area contributed by atoms with Crippen LogP contribution in [0, 0.1) is 5.92 Å². The highest BCUT2D eigenvalue weighted by molar-refractivity contribution is 5.93. The van der Waals surface area contributed by atoms with Crippen molar-refractivity contribution < 1.29 is 0 Å². The van der Waals surface area contributed by atoms with Gasteiger partial charge in [-0.3, -0.25) is 0 Å². The molecule has 266 valence electrons. The van der Waals surface area contributed by atoms with E-state index < -0.39 is 0 Å². The van der Waals surface area contributed by atoms with E-state index in [0.29, 0.717) is 17.5 Å². The smallest absolute Gasteiger partial charge is 0.164 e. The highest BCUT2D eigenvalue weighted by Gasteiger charge is 2.36. The second kappa shape index (κ2) is 12.6. The Hall–Kier alpha value is -6.91. The normalized spacial score (nSPS) is 17.2. The van der Waals surface area contributed by atoms with E-state index in [1.807, 2.05) is 60.7 Å². The predicted octanol–water partition coefficient (Wildman–Crippen LogP) is 12.5. The SMILES string of the molecule is CC1(C)c2ccccc2-c2ccc(C3=CC4c5c(n(-c6cccc(-c7nc(-c8ccccc8)nc(-c8ccccc8)n7)c6)c6ccccc56)C=CC4C=C3)cc21. The van der Waals surface area contributed by atoms with E-state index in [1.165, 1.54) is 55.6 Å². The summed E-state index contributed by atoms with van der Waals surface area (Å²) >= 11 is 0. The Balaban J connectivity index is 1.02. The van der Waals surface area contributed by atoms with Crippen molar-refractivity contribution >= 4 is 22.6 Å². The van der Waals surface area contributed by atoms with Gasteiger partial charge in [0.1, 0.15) is 0 Å². The third-order valence-corrected chi connectivity index (χ3v) is 12.0. The highest BCUT2D eigenvalue weighted by Crippen LogP contribution is 2.51. The van der Waals surface area contributed by atoms with Crippen LogP contribution in [0.15, 0.2) is 176 Å². The van der Waals surface area contributed by atoms with Gasteiger partial charge in [0, 0.05) is 45.0 Å². The summed E-state index contributed by atoms with van der Waals surface area (Å²) in [7, 11) is 0. The van der Waals surface area contributed by atoms with Crippen molar-refractivity contribution in [3.05, 3.63) is 204 Å². The molecule has 2 aromatic heterocycles. The highest BCUT2D eigenvalue weighted by atomic mass is 15.0. The third-order valence-electron chi connectivity index (χ3n) is 12.0. The lowest BCUT2D eigenvalue weighted by Crippen LogP contribution is -2.16. The third kappa shape index (κ3) is 5.10. The van der Waals surface area contributed by atoms with Gasteiger partial charge in [0.25, 0.3) is 0 Å². The Kier molecular flexibility index (Phi) is 7.30. The molecule has 0 aliphatic heterocycles. The van der Waals surface area contributed by atoms with Crippen LogP contribution < -0.4 is 0 Å². The molecule has 0 bridgehead atoms. The van der Waals surface area contributed by atoms with Gasteiger partial charge in [-0.2, -0.15) is 0 Å². The summed E-state index contributed by atoms with van der Waals surface area (Å²) < 4.78 is 2.42. The van der Waals surface area contributed by atoms with Gasteiger partial charge in [0.2, 0.25) is 0 Å². The number of fused-ring (bicyclic) bond motifs is 8. The van der Waals surface area contributed by atoms with E-state index in [-0.39, 0.29) is 17.3 Å². The summed E-state index contributed by atoms with van der Waals surface area (Å²) in [5.74, 6) is 2.44. The molecule has 0 saturated carbocycles. The maximum absolute atomic E-state index is 5.04. The molecule has 0 saturated heterocycles. The van der Waals surface area contributed by atoms with E-state index in [4.69, 9.17) is 15.0 Å². The average Bonchev–Trinajstić information content (AvgIpc) is 3.72. The summed E-state index contributed by atoms with van der Waals surface area (Å²) in [5, 5.41) is 1.28. The van der Waals surface area contributed by atoms with E-state index in [2.05, 4.69) is 140 Å². The van der Waals surface area contributed by atoms with E-state index >= 15 is 0 Å². The molecule has 3 aliphatic carbocycles. The summed E-state index contributed by atoms with van der Waals surface area (Å²) in [4.78, 5) is 15.0. The topological polar surface area (TPSA) is 43.6 Å². The van der Waals surface area contributed by atoms with Crippen LogP contribution in [0.2, 0.25) is 0 Å². The number of allylic oxidation sites excluding steroid dienone is 5. The quantitative estimate of drug-likeness (QED) is 0.178. The van der Waals surface area contributed by atoms with Crippen molar-refractivity contribution in [1.29, 1.82) is 0 Å². The standard InChI is InChI=1S/C52H38N4/c1-52(2)44-22-11-9-20-40(44)41-28-26-37(32-45(41)52)36-25-24-33-27-29-47-48(43(33)31-36)42-21-10-12-23-46(42)56(47)39-19-13-18-38(30-39)51-54-49(34-14-5-3-6-15-34)53-50(55-51)35-16-7-4-8-17-35/h3-33,43H,1-2H3. The van der Waals surface area contributed by atoms with Gasteiger partial charge in [0.15, 0.2) is 17.5 Å². The zero-order valence-electron chi connectivity index (χ0n) is 31.3. The first-order valence-electron chi connectivity index (χ1n) is 19.5. The largest absolute Gasteiger partial charge is 0.310 e. The Morgan fingerprint density at radius 3 is 1.91 bits per heavy atom. The molecule has 2 unspecified atom stereocenters. The molecule has 8 aromatic rings. The zero-order chi connectivity index (χ0) is 37.4. The van der Waals surface area contributed by atoms with Gasteiger partial charge in [-0.15, -0.1) is 0 Å². The monoisotopic (exact) mass is 718 g/mol. The van der Waals surface area contributed by atoms with Crippen LogP contribution in [0.25, 0.3) is 73.5 Å². The fourth-order valence-corrected chi connectivity index (χ4v) is 9.23. The molecule has 56 heavy (non-hydrogen) atoms. The Labute approximate surface area is 326 Å². The number of hydrogen-bond donors (Lipinski definition) is 0. The fourth-order valence-electron chi connectivity index (χ4n) is 9.23. The number of nitrogens with zero attached hydrogens (tertiary/aromatic N) is 4. The fraction of sp³-hybridized carbons (Fsp3) is 0.0962. The Bertz CT molecular complexity index is 2890. The molecule has 3 aliphatic rings. The van der Waals surface area contributed by atoms with Crippen LogP contribution in [0.1, 0.15) is 47.7 Å². The molecule has 4 heteroatoms. The predicted molar refractivity (Wildman–Crippen MR) is 229 cm³/mol. The van der Waals surface area contributed by atoms with Crippen molar-refractivity contribution in [2.75, 3.05) is 0 Å². The first kappa shape index (κ1) is 32.5. The lowest BCUT2D eigenvalue weighted by Gasteiger charge is -2.29. The van der Waals surface area contributed by atoms with E-state index in [0.717, 1.165) is 22.4 Å². The van der Waals surface area contributed by atoms with E-state index in [9.17, 15) is 0 Å². The lowest BCUT2D eigenvalue weighted by atomic mass is 9.75. The second-order valence-corrected chi connectivity index (χ2v) is 15.6. The van der Waals surface area contributed by atoms with Gasteiger partial charge in [-0.25, -0.2) is 15.0 Å². The molecule has 6 aromatic carbocycles. The van der Waals surface area contributed by atoms with E-state index in [1.54, 1.807) is 0 Å². The van der Waals surface area contributed by atoms with Crippen molar-refractivity contribution in [1.82, 2.24) is 19.5 Å². The summed E-state index contributed by atoms with van der Waals surface area (Å²) in [6, 6.07) is 53.7. The number of benzene rings is 6. The molecular weight excluding hydrogens is 681 g/mol. The van der Waals surface area contributed by atoms with Gasteiger partial charge < -0.3 is 4.57 Å². The maximum atomic E-state index is 5.04. The summed E-state index contributed by atoms with van der Waals surface area (Å²) in [5.41, 5.74) is 15.7. The maximum Gasteiger partial charge on any atom is 0.164 e. The van der Waals surface area contributed by atoms with Gasteiger partial charge in [0.05, 0.1) is 11.2 Å². The molecule has 0 radical (unpaired) electrons. The van der Waals surface area contributed by atoms with Crippen LogP contribution >= 0.6 is 0 Å². The van der Waals surface area contributed by atoms with Crippen LogP contribution in [0.4, 0.5) is 0 Å². The molecule has 2 atom stereocenters. The summed E-state index contributed by atoms with van der Waals surface area (Å²) in [6.45, 7) is 4.71. The average molecular weight is 719 g/mol. The molecule has 0 N–H and O–H groups in total. The molecular formula is C52H38N4. The number of para-hydroxylation sites is 1. The molecule has 4 nitrogen and oxygen atoms in total. The van der Waals surface area contributed by atoms with Crippen molar-refractivity contribution in [2.45, 2.75) is 25.2 Å². The molecule has 0 amide bonds. The van der Waals surface area contributed by atoms with Crippen molar-refractivity contribution in [3.8, 4) is 51.0 Å². The molecule has 11 rings (SSSR count). The van der Waals surface area contributed by atoms with Gasteiger partial charge in [-0.05, 0) is 69.3 Å². The first-order valence-corrected chi connectivity index (χ1v) is 19.5. The number of hydrogen-bond acceptors (Lipinski definition) is 3. The minimum Gasteiger partial charge on any atom is -0.310 e. The number of rotatable bonds is 5. The van der Waals surface area contributed by atoms with Crippen molar-refractivity contribution in [3.63, 3.8) is 0 Å². The minimum atomic E-state index is -0.0420. The Morgan fingerprint density at radius 2 is 1.14 bits per heavy atom. The van der Waals surface area contributed by atoms with Crippen molar-refractivity contribution in [2.24, 2.45) is 5.92 Å². The molecule has 2 heterocycles. The second-order valence-electron chi connectivity index (χ2n) is 15.6. The zero-order valence-corrected chi connectivity index (χ0v) is 31.3. The van der Waals surface area contributed by atoms with Gasteiger partial charge >= 0.3 is 0 Å². The summed E-state index contributed by atoms with van der Waals surface area (Å²) in [6.07, 6.45) is 11.9.